The van der Waals surface area contributed by atoms with Gasteiger partial charge in [-0.3, -0.25) is 14.6 Å². The lowest BCUT2D eigenvalue weighted by molar-refractivity contribution is -0.122. The molecule has 1 aromatic heterocycles. The van der Waals surface area contributed by atoms with E-state index in [1.165, 1.54) is 11.1 Å². The summed E-state index contributed by atoms with van der Waals surface area (Å²) in [6.07, 6.45) is 6.81. The maximum absolute atomic E-state index is 13.1. The summed E-state index contributed by atoms with van der Waals surface area (Å²) in [5.74, 6) is 0.135. The average molecular weight is 584 g/mol. The van der Waals surface area contributed by atoms with E-state index in [4.69, 9.17) is 21.5 Å². The van der Waals surface area contributed by atoms with Gasteiger partial charge in [0.2, 0.25) is 0 Å². The van der Waals surface area contributed by atoms with Gasteiger partial charge >= 0.3 is 0 Å². The van der Waals surface area contributed by atoms with Crippen LogP contribution < -0.4 is 0 Å². The number of hydrogen-bond acceptors (Lipinski definition) is 3. The van der Waals surface area contributed by atoms with Gasteiger partial charge in [0.05, 0.1) is 0 Å². The van der Waals surface area contributed by atoms with E-state index in [1.54, 1.807) is 12.4 Å². The quantitative estimate of drug-likeness (QED) is 0.174. The fourth-order valence-corrected chi connectivity index (χ4v) is 4.82. The van der Waals surface area contributed by atoms with Gasteiger partial charge in [-0.25, -0.2) is 0 Å². The molecule has 0 aliphatic carbocycles. The summed E-state index contributed by atoms with van der Waals surface area (Å²) in [5, 5.41) is 7.57. The first-order valence-electron chi connectivity index (χ1n) is 14.3. The molecule has 0 unspecified atom stereocenters. The molecule has 0 aliphatic rings. The van der Waals surface area contributed by atoms with Gasteiger partial charge in [-0.1, -0.05) is 108 Å². The molecular formula is C37H42ClNO3. The van der Waals surface area contributed by atoms with E-state index in [0.29, 0.717) is 17.9 Å². The van der Waals surface area contributed by atoms with Crippen molar-refractivity contribution in [2.45, 2.75) is 66.7 Å². The zero-order valence-corrected chi connectivity index (χ0v) is 26.5. The van der Waals surface area contributed by atoms with Gasteiger partial charge in [-0.05, 0) is 82.0 Å². The van der Waals surface area contributed by atoms with Crippen molar-refractivity contribution >= 4 is 29.4 Å². The van der Waals surface area contributed by atoms with Gasteiger partial charge in [-0.15, -0.1) is 0 Å². The van der Waals surface area contributed by atoms with E-state index >= 15 is 0 Å². The van der Waals surface area contributed by atoms with E-state index in [-0.39, 0.29) is 17.7 Å². The van der Waals surface area contributed by atoms with Gasteiger partial charge in [-0.2, -0.15) is 0 Å². The monoisotopic (exact) mass is 583 g/mol. The van der Waals surface area contributed by atoms with Crippen molar-refractivity contribution in [1.29, 1.82) is 0 Å². The second-order valence-electron chi connectivity index (χ2n) is 10.6. The SMILES string of the molecule is CC.CCC(=O)/C(=C\Cc1ccc(C(C)(C)C)cc1)c1cc(-c2ccc(-c3ccncc3)cc2)c(Cl)cc1C.O=CO. The van der Waals surface area contributed by atoms with Crippen molar-refractivity contribution < 1.29 is 14.7 Å². The van der Waals surface area contributed by atoms with Crippen molar-refractivity contribution in [3.8, 4) is 22.3 Å². The fraction of sp³-hybridized carbons (Fsp3) is 0.270. The molecule has 220 valence electrons. The Morgan fingerprint density at radius 2 is 1.40 bits per heavy atom. The number of aryl methyl sites for hydroxylation is 1. The zero-order chi connectivity index (χ0) is 31.3. The van der Waals surface area contributed by atoms with Crippen LogP contribution in [0.25, 0.3) is 27.8 Å². The number of benzene rings is 3. The Balaban J connectivity index is 0.00000116. The maximum Gasteiger partial charge on any atom is 0.290 e. The lowest BCUT2D eigenvalue weighted by Crippen LogP contribution is -2.10. The molecule has 0 radical (unpaired) electrons. The minimum atomic E-state index is -0.250. The van der Waals surface area contributed by atoms with Gasteiger partial charge in [0.25, 0.3) is 6.47 Å². The highest BCUT2D eigenvalue weighted by Crippen LogP contribution is 2.35. The van der Waals surface area contributed by atoms with Crippen molar-refractivity contribution in [2.75, 3.05) is 0 Å². The summed E-state index contributed by atoms with van der Waals surface area (Å²) in [5.41, 5.74) is 9.48. The molecule has 0 aliphatic heterocycles. The number of carboxylic acid groups (broad SMARTS) is 1. The molecule has 4 aromatic rings. The maximum atomic E-state index is 13.1. The van der Waals surface area contributed by atoms with Gasteiger partial charge in [0.1, 0.15) is 0 Å². The van der Waals surface area contributed by atoms with E-state index in [2.05, 4.69) is 86.4 Å². The molecule has 0 saturated carbocycles. The summed E-state index contributed by atoms with van der Waals surface area (Å²) < 4.78 is 0. The molecule has 1 heterocycles. The molecule has 42 heavy (non-hydrogen) atoms. The Hall–Kier alpha value is -4.02. The van der Waals surface area contributed by atoms with E-state index in [1.807, 2.05) is 45.9 Å². The van der Waals surface area contributed by atoms with E-state index in [9.17, 15) is 4.79 Å². The van der Waals surface area contributed by atoms with Crippen LogP contribution in [0.3, 0.4) is 0 Å². The summed E-state index contributed by atoms with van der Waals surface area (Å²) in [4.78, 5) is 25.6. The Morgan fingerprint density at radius 3 is 1.93 bits per heavy atom. The summed E-state index contributed by atoms with van der Waals surface area (Å²) >= 11 is 6.72. The number of rotatable bonds is 7. The van der Waals surface area contributed by atoms with Crippen LogP contribution in [0.2, 0.25) is 5.02 Å². The Morgan fingerprint density at radius 1 is 0.881 bits per heavy atom. The predicted molar refractivity (Wildman–Crippen MR) is 177 cm³/mol. The number of aromatic nitrogens is 1. The second-order valence-corrected chi connectivity index (χ2v) is 11.0. The van der Waals surface area contributed by atoms with Crippen LogP contribution >= 0.6 is 11.6 Å². The smallest absolute Gasteiger partial charge is 0.290 e. The number of carbonyl (C=O) groups is 2. The number of ketones is 1. The van der Waals surface area contributed by atoms with Crippen molar-refractivity contribution in [2.24, 2.45) is 0 Å². The number of Topliss-reactive ketones (excluding diaryl/α,β-unsaturated/α-hetero) is 1. The standard InChI is InChI=1S/C34H34ClNO.C2H6.CH2O2/c1-6-33(37)29(16-9-24-7-14-28(15-8-24)34(3,4)5)30-22-31(32(35)21-23(30)2)27-12-10-25(11-13-27)26-17-19-36-20-18-26;1-2;2-1-3/h7-8,10-22H,6,9H2,1-5H3;1-2H3;1H,(H,2,3)/b29-16-;;. The fourth-order valence-electron chi connectivity index (χ4n) is 4.50. The molecule has 1 N–H and O–H groups in total. The molecule has 0 fully saturated rings. The first kappa shape index (κ1) is 34.2. The normalized spacial score (nSPS) is 11.0. The minimum Gasteiger partial charge on any atom is -0.483 e. The number of pyridine rings is 1. The van der Waals surface area contributed by atoms with Crippen LogP contribution in [-0.2, 0) is 21.4 Å². The number of nitrogens with zero attached hydrogens (tertiary/aromatic N) is 1. The van der Waals surface area contributed by atoms with Crippen LogP contribution in [0.5, 0.6) is 0 Å². The molecule has 5 heteroatoms. The highest BCUT2D eigenvalue weighted by molar-refractivity contribution is 6.33. The summed E-state index contributed by atoms with van der Waals surface area (Å²) in [7, 11) is 0. The molecule has 4 nitrogen and oxygen atoms in total. The largest absolute Gasteiger partial charge is 0.483 e. The lowest BCUT2D eigenvalue weighted by Gasteiger charge is -2.19. The van der Waals surface area contributed by atoms with Crippen LogP contribution in [-0.4, -0.2) is 22.3 Å². The molecule has 0 amide bonds. The lowest BCUT2D eigenvalue weighted by atomic mass is 9.86. The highest BCUT2D eigenvalue weighted by atomic mass is 35.5. The molecule has 3 aromatic carbocycles. The van der Waals surface area contributed by atoms with Gasteiger partial charge < -0.3 is 5.11 Å². The van der Waals surface area contributed by atoms with E-state index in [0.717, 1.165) is 39.0 Å². The van der Waals surface area contributed by atoms with Gasteiger partial charge in [0, 0.05) is 35.0 Å². The number of allylic oxidation sites excluding steroid dienone is 2. The molecular weight excluding hydrogens is 542 g/mol. The molecule has 0 bridgehead atoms. The van der Waals surface area contributed by atoms with Crippen molar-refractivity contribution in [3.05, 3.63) is 119 Å². The number of hydrogen-bond donors (Lipinski definition) is 1. The van der Waals surface area contributed by atoms with Crippen molar-refractivity contribution in [1.82, 2.24) is 4.98 Å². The molecule has 4 rings (SSSR count). The first-order valence-corrected chi connectivity index (χ1v) is 14.7. The minimum absolute atomic E-state index is 0.116. The van der Waals surface area contributed by atoms with Gasteiger partial charge in [0.15, 0.2) is 5.78 Å². The number of carbonyl (C=O) groups excluding carboxylic acids is 1. The number of halogens is 1. The molecule has 0 spiro atoms. The summed E-state index contributed by atoms with van der Waals surface area (Å²) in [6.45, 7) is 14.3. The third kappa shape index (κ3) is 9.25. The Kier molecular flexibility index (Phi) is 13.4. The van der Waals surface area contributed by atoms with Crippen LogP contribution in [0.1, 0.15) is 70.2 Å². The molecule has 0 atom stereocenters. The average Bonchev–Trinajstić information content (AvgIpc) is 2.99. The second kappa shape index (κ2) is 16.4. The van der Waals surface area contributed by atoms with E-state index < -0.39 is 0 Å². The van der Waals surface area contributed by atoms with Crippen LogP contribution in [0, 0.1) is 6.92 Å². The zero-order valence-electron chi connectivity index (χ0n) is 25.7. The third-order valence-electron chi connectivity index (χ3n) is 6.80. The Bertz CT molecular complexity index is 1470. The molecule has 0 saturated heterocycles. The Labute approximate surface area is 256 Å². The predicted octanol–water partition coefficient (Wildman–Crippen LogP) is 10.0. The van der Waals surface area contributed by atoms with Crippen LogP contribution in [0.4, 0.5) is 0 Å². The first-order chi connectivity index (χ1) is 20.1. The topological polar surface area (TPSA) is 67.3 Å². The van der Waals surface area contributed by atoms with Crippen molar-refractivity contribution in [3.63, 3.8) is 0 Å². The highest BCUT2D eigenvalue weighted by Gasteiger charge is 2.17. The summed E-state index contributed by atoms with van der Waals surface area (Å²) in [6, 6.07) is 25.1. The third-order valence-corrected chi connectivity index (χ3v) is 7.11. The van der Waals surface area contributed by atoms with Crippen LogP contribution in [0.15, 0.2) is 91.3 Å².